The highest BCUT2D eigenvalue weighted by Crippen LogP contribution is 2.45. The summed E-state index contributed by atoms with van der Waals surface area (Å²) in [4.78, 5) is 28.9. The Kier molecular flexibility index (Phi) is 5.94. The molecule has 1 aromatic carbocycles. The van der Waals surface area contributed by atoms with Crippen LogP contribution >= 0.6 is 34.8 Å². The van der Waals surface area contributed by atoms with Crippen LogP contribution in [0.4, 0.5) is 5.82 Å². The summed E-state index contributed by atoms with van der Waals surface area (Å²) in [6, 6.07) is 8.63. The van der Waals surface area contributed by atoms with Crippen molar-refractivity contribution in [1.82, 2.24) is 4.98 Å². The summed E-state index contributed by atoms with van der Waals surface area (Å²) >= 11 is 17.9. The Morgan fingerprint density at radius 1 is 1.15 bits per heavy atom. The molecule has 2 aromatic rings. The van der Waals surface area contributed by atoms with Crippen LogP contribution in [0.1, 0.15) is 30.5 Å². The molecule has 0 bridgehead atoms. The second kappa shape index (κ2) is 8.05. The first kappa shape index (κ1) is 19.9. The monoisotopic (exact) mass is 426 g/mol. The van der Waals surface area contributed by atoms with Gasteiger partial charge in [0.15, 0.2) is 12.4 Å². The van der Waals surface area contributed by atoms with Crippen LogP contribution in [-0.4, -0.2) is 23.5 Å². The lowest BCUT2D eigenvalue weighted by molar-refractivity contribution is -0.156. The number of esters is 1. The highest BCUT2D eigenvalue weighted by atomic mass is 35.5. The number of anilines is 1. The molecular formula is C19H17Cl3N2O3. The van der Waals surface area contributed by atoms with E-state index in [9.17, 15) is 9.59 Å². The Hall–Kier alpha value is -1.82. The number of halogens is 3. The van der Waals surface area contributed by atoms with E-state index in [-0.39, 0.29) is 10.8 Å². The van der Waals surface area contributed by atoms with E-state index < -0.39 is 23.9 Å². The maximum Gasteiger partial charge on any atom is 0.317 e. The number of nitrogens with one attached hydrogen (secondary N) is 1. The molecule has 0 spiro atoms. The Bertz CT molecular complexity index is 881. The van der Waals surface area contributed by atoms with Gasteiger partial charge in [0, 0.05) is 5.02 Å². The van der Waals surface area contributed by atoms with Gasteiger partial charge in [-0.1, -0.05) is 53.4 Å². The molecule has 27 heavy (non-hydrogen) atoms. The number of ether oxygens (including phenoxy) is 1. The molecule has 3 rings (SSSR count). The minimum atomic E-state index is -0.711. The molecule has 1 heterocycles. The molecule has 1 fully saturated rings. The third kappa shape index (κ3) is 4.21. The smallest absolute Gasteiger partial charge is 0.317 e. The number of aryl methyl sites for hydroxylation is 1. The van der Waals surface area contributed by atoms with Crippen molar-refractivity contribution in [2.24, 2.45) is 0 Å². The normalized spacial score (nSPS) is 15.0. The molecule has 142 valence electrons. The van der Waals surface area contributed by atoms with Gasteiger partial charge in [0.2, 0.25) is 0 Å². The number of hydrogen-bond acceptors (Lipinski definition) is 4. The predicted molar refractivity (Wildman–Crippen MR) is 106 cm³/mol. The zero-order valence-electron chi connectivity index (χ0n) is 14.5. The fourth-order valence-corrected chi connectivity index (χ4v) is 3.53. The lowest BCUT2D eigenvalue weighted by Crippen LogP contribution is -2.44. The van der Waals surface area contributed by atoms with E-state index in [2.05, 4.69) is 10.3 Å². The van der Waals surface area contributed by atoms with E-state index in [0.717, 1.165) is 12.0 Å². The summed E-state index contributed by atoms with van der Waals surface area (Å²) in [6.45, 7) is 1.27. The van der Waals surface area contributed by atoms with Crippen molar-refractivity contribution in [2.45, 2.75) is 31.6 Å². The number of pyridine rings is 1. The first-order chi connectivity index (χ1) is 12.8. The van der Waals surface area contributed by atoms with Crippen molar-refractivity contribution in [3.63, 3.8) is 0 Å². The van der Waals surface area contributed by atoms with Gasteiger partial charge in [0.25, 0.3) is 5.91 Å². The van der Waals surface area contributed by atoms with E-state index >= 15 is 0 Å². The predicted octanol–water partition coefficient (Wildman–Crippen LogP) is 4.95. The molecular weight excluding hydrogens is 411 g/mol. The summed E-state index contributed by atoms with van der Waals surface area (Å²) in [7, 11) is 0. The fourth-order valence-electron chi connectivity index (χ4n) is 2.99. The molecule has 1 N–H and O–H groups in total. The first-order valence-electron chi connectivity index (χ1n) is 8.37. The maximum atomic E-state index is 12.7. The van der Waals surface area contributed by atoms with Crippen LogP contribution in [0.3, 0.4) is 0 Å². The van der Waals surface area contributed by atoms with Gasteiger partial charge in [0.1, 0.15) is 0 Å². The summed E-state index contributed by atoms with van der Waals surface area (Å²) in [6.07, 6.45) is 2.28. The minimum Gasteiger partial charge on any atom is -0.455 e. The third-order valence-electron chi connectivity index (χ3n) is 4.69. The quantitative estimate of drug-likeness (QED) is 0.685. The van der Waals surface area contributed by atoms with Crippen molar-refractivity contribution in [3.8, 4) is 0 Å². The molecule has 0 aliphatic heterocycles. The van der Waals surface area contributed by atoms with Crippen molar-refractivity contribution < 1.29 is 14.3 Å². The summed E-state index contributed by atoms with van der Waals surface area (Å²) in [5.74, 6) is -0.765. The zero-order valence-corrected chi connectivity index (χ0v) is 16.8. The summed E-state index contributed by atoms with van der Waals surface area (Å²) in [5, 5.41) is 3.75. The highest BCUT2D eigenvalue weighted by molar-refractivity contribution is 6.36. The SMILES string of the molecule is Cc1nc(NC(=O)COC(=O)C2(c3ccc(Cl)cc3)CCC2)c(Cl)cc1Cl. The number of aromatic nitrogens is 1. The molecule has 1 amide bonds. The maximum absolute atomic E-state index is 12.7. The van der Waals surface area contributed by atoms with Gasteiger partial charge in [-0.15, -0.1) is 0 Å². The largest absolute Gasteiger partial charge is 0.455 e. The van der Waals surface area contributed by atoms with Gasteiger partial charge >= 0.3 is 5.97 Å². The minimum absolute atomic E-state index is 0.177. The van der Waals surface area contributed by atoms with Crippen LogP contribution < -0.4 is 5.32 Å². The standard InChI is InChI=1S/C19H17Cl3N2O3/c1-11-14(21)9-15(22)17(23-11)24-16(25)10-27-18(26)19(7-2-8-19)12-3-5-13(20)6-4-12/h3-6,9H,2,7-8,10H2,1H3,(H,23,24,25). The number of carbonyl (C=O) groups is 2. The van der Waals surface area contributed by atoms with E-state index in [4.69, 9.17) is 39.5 Å². The molecule has 0 unspecified atom stereocenters. The average molecular weight is 428 g/mol. The van der Waals surface area contributed by atoms with Crippen LogP contribution in [0.5, 0.6) is 0 Å². The lowest BCUT2D eigenvalue weighted by atomic mass is 9.64. The van der Waals surface area contributed by atoms with E-state index in [1.54, 1.807) is 19.1 Å². The van der Waals surface area contributed by atoms with Gasteiger partial charge in [0.05, 0.1) is 21.2 Å². The Balaban J connectivity index is 1.64. The van der Waals surface area contributed by atoms with Crippen molar-refractivity contribution in [2.75, 3.05) is 11.9 Å². The lowest BCUT2D eigenvalue weighted by Gasteiger charge is -2.39. The van der Waals surface area contributed by atoms with Gasteiger partial charge in [-0.05, 0) is 43.5 Å². The molecule has 8 heteroatoms. The van der Waals surface area contributed by atoms with Gasteiger partial charge in [-0.2, -0.15) is 0 Å². The molecule has 1 aliphatic carbocycles. The number of hydrogen-bond donors (Lipinski definition) is 1. The second-order valence-corrected chi connectivity index (χ2v) is 7.70. The average Bonchev–Trinajstić information content (AvgIpc) is 2.58. The van der Waals surface area contributed by atoms with Gasteiger partial charge < -0.3 is 10.1 Å². The first-order valence-corrected chi connectivity index (χ1v) is 9.51. The number of rotatable bonds is 5. The Morgan fingerprint density at radius 2 is 1.81 bits per heavy atom. The van der Waals surface area contributed by atoms with Crippen molar-refractivity contribution in [1.29, 1.82) is 0 Å². The summed E-state index contributed by atoms with van der Waals surface area (Å²) < 4.78 is 5.28. The number of benzene rings is 1. The molecule has 0 atom stereocenters. The van der Waals surface area contributed by atoms with Gasteiger partial charge in [-0.3, -0.25) is 9.59 Å². The molecule has 1 aliphatic rings. The number of amides is 1. The number of carbonyl (C=O) groups excluding carboxylic acids is 2. The highest BCUT2D eigenvalue weighted by Gasteiger charge is 2.47. The van der Waals surface area contributed by atoms with Crippen molar-refractivity contribution >= 4 is 52.5 Å². The van der Waals surface area contributed by atoms with E-state index in [1.807, 2.05) is 12.1 Å². The van der Waals surface area contributed by atoms with Crippen LogP contribution in [-0.2, 0) is 19.7 Å². The van der Waals surface area contributed by atoms with Gasteiger partial charge in [-0.25, -0.2) is 4.98 Å². The molecule has 0 saturated heterocycles. The van der Waals surface area contributed by atoms with E-state index in [1.165, 1.54) is 6.07 Å². The fraction of sp³-hybridized carbons (Fsp3) is 0.316. The molecule has 1 aromatic heterocycles. The van der Waals surface area contributed by atoms with Crippen molar-refractivity contribution in [3.05, 3.63) is 56.7 Å². The molecule has 1 saturated carbocycles. The Morgan fingerprint density at radius 3 is 2.41 bits per heavy atom. The Labute approximate surface area is 172 Å². The second-order valence-electron chi connectivity index (χ2n) is 6.45. The van der Waals surface area contributed by atoms with Crippen LogP contribution in [0.25, 0.3) is 0 Å². The topological polar surface area (TPSA) is 68.3 Å². The van der Waals surface area contributed by atoms with Crippen LogP contribution in [0.2, 0.25) is 15.1 Å². The molecule has 5 nitrogen and oxygen atoms in total. The zero-order chi connectivity index (χ0) is 19.6. The van der Waals surface area contributed by atoms with Crippen LogP contribution in [0.15, 0.2) is 30.3 Å². The third-order valence-corrected chi connectivity index (χ3v) is 5.61. The van der Waals surface area contributed by atoms with Crippen LogP contribution in [0, 0.1) is 6.92 Å². The van der Waals surface area contributed by atoms with E-state index in [0.29, 0.717) is 28.6 Å². The number of nitrogens with zero attached hydrogens (tertiary/aromatic N) is 1. The summed E-state index contributed by atoms with van der Waals surface area (Å²) in [5.41, 5.74) is 0.670. The molecule has 0 radical (unpaired) electrons.